The van der Waals surface area contributed by atoms with Crippen LogP contribution in [-0.2, 0) is 9.53 Å². The monoisotopic (exact) mass is 276 g/mol. The van der Waals surface area contributed by atoms with E-state index in [0.717, 1.165) is 11.3 Å². The van der Waals surface area contributed by atoms with E-state index in [1.165, 1.54) is 0 Å². The Morgan fingerprint density at radius 2 is 2.15 bits per heavy atom. The number of rotatable bonds is 3. The van der Waals surface area contributed by atoms with E-state index in [9.17, 15) is 9.59 Å². The number of carbonyl (C=O) groups excluding carboxylic acids is 2. The summed E-state index contributed by atoms with van der Waals surface area (Å²) in [5.41, 5.74) is 0.908. The molecule has 1 N–H and O–H groups in total. The first-order chi connectivity index (χ1) is 9.63. The highest BCUT2D eigenvalue weighted by Gasteiger charge is 2.51. The van der Waals surface area contributed by atoms with Crippen molar-refractivity contribution in [1.29, 1.82) is 0 Å². The molecule has 2 saturated heterocycles. The first kappa shape index (κ1) is 12.8. The second-order valence-electron chi connectivity index (χ2n) is 4.95. The highest BCUT2D eigenvalue weighted by Crippen LogP contribution is 2.34. The van der Waals surface area contributed by atoms with Crippen molar-refractivity contribution in [2.75, 3.05) is 13.7 Å². The molecule has 2 fully saturated rings. The number of nitrogens with one attached hydrogen (secondary N) is 1. The van der Waals surface area contributed by atoms with Gasteiger partial charge in [-0.3, -0.25) is 0 Å². The van der Waals surface area contributed by atoms with Crippen LogP contribution >= 0.6 is 0 Å². The van der Waals surface area contributed by atoms with Crippen molar-refractivity contribution in [2.45, 2.75) is 25.0 Å². The lowest BCUT2D eigenvalue weighted by Gasteiger charge is -2.28. The van der Waals surface area contributed by atoms with Crippen LogP contribution < -0.4 is 10.1 Å². The van der Waals surface area contributed by atoms with Gasteiger partial charge in [-0.25, -0.2) is 9.59 Å². The summed E-state index contributed by atoms with van der Waals surface area (Å²) < 4.78 is 10.4. The van der Waals surface area contributed by atoms with Gasteiger partial charge < -0.3 is 19.7 Å². The minimum absolute atomic E-state index is 0.198. The number of fused-ring (bicyclic) bond motifs is 1. The number of urea groups is 1. The fraction of sp³-hybridized carbons (Fsp3) is 0.429. The highest BCUT2D eigenvalue weighted by atomic mass is 16.5. The molecule has 0 bridgehead atoms. The largest absolute Gasteiger partial charge is 0.496 e. The molecule has 1 aromatic carbocycles. The van der Waals surface area contributed by atoms with Crippen LogP contribution in [0.1, 0.15) is 18.5 Å². The highest BCUT2D eigenvalue weighted by molar-refractivity contribution is 5.90. The molecule has 1 unspecified atom stereocenters. The molecule has 0 spiro atoms. The maximum Gasteiger partial charge on any atom is 0.331 e. The van der Waals surface area contributed by atoms with Crippen LogP contribution in [0.3, 0.4) is 0 Å². The van der Waals surface area contributed by atoms with Crippen molar-refractivity contribution in [2.24, 2.45) is 0 Å². The van der Waals surface area contributed by atoms with Crippen LogP contribution in [0.2, 0.25) is 0 Å². The molecule has 0 aliphatic carbocycles. The predicted molar refractivity (Wildman–Crippen MR) is 70.3 cm³/mol. The minimum Gasteiger partial charge on any atom is -0.496 e. The molecule has 3 rings (SSSR count). The maximum atomic E-state index is 12.1. The number of benzene rings is 1. The number of carbonyl (C=O) groups is 2. The standard InChI is InChI=1S/C14H16N2O4/c1-8(9-5-3-4-6-11(9)19-2)16-10-7-20-13(17)12(10)15-14(16)18/h3-6,8,10,12H,7H2,1-2H3,(H,15,18)/t8-,10+,12?/m1/s1. The molecule has 1 aromatic rings. The molecule has 20 heavy (non-hydrogen) atoms. The molecule has 6 heteroatoms. The quantitative estimate of drug-likeness (QED) is 0.839. The van der Waals surface area contributed by atoms with E-state index in [1.807, 2.05) is 31.2 Å². The van der Waals surface area contributed by atoms with E-state index in [-0.39, 0.29) is 30.7 Å². The summed E-state index contributed by atoms with van der Waals surface area (Å²) >= 11 is 0. The summed E-state index contributed by atoms with van der Waals surface area (Å²) in [5.74, 6) is 0.361. The van der Waals surface area contributed by atoms with Crippen molar-refractivity contribution in [3.8, 4) is 5.75 Å². The fourth-order valence-electron chi connectivity index (χ4n) is 2.89. The van der Waals surface area contributed by atoms with Gasteiger partial charge in [0.2, 0.25) is 0 Å². The second kappa shape index (κ2) is 4.70. The fourth-order valence-corrected chi connectivity index (χ4v) is 2.89. The number of hydrogen-bond donors (Lipinski definition) is 1. The van der Waals surface area contributed by atoms with Gasteiger partial charge in [0.15, 0.2) is 6.04 Å². The maximum absolute atomic E-state index is 12.1. The summed E-state index contributed by atoms with van der Waals surface area (Å²) in [6.45, 7) is 2.16. The number of amides is 2. The first-order valence-electron chi connectivity index (χ1n) is 6.52. The van der Waals surface area contributed by atoms with Crippen LogP contribution in [0.25, 0.3) is 0 Å². The molecule has 2 heterocycles. The van der Waals surface area contributed by atoms with Gasteiger partial charge in [-0.2, -0.15) is 0 Å². The van der Waals surface area contributed by atoms with E-state index in [4.69, 9.17) is 9.47 Å². The Labute approximate surface area is 116 Å². The Morgan fingerprint density at radius 1 is 1.40 bits per heavy atom. The van der Waals surface area contributed by atoms with Gasteiger partial charge in [0.05, 0.1) is 19.2 Å². The number of cyclic esters (lactones) is 1. The molecular formula is C14H16N2O4. The number of para-hydroxylation sites is 1. The van der Waals surface area contributed by atoms with E-state index in [1.54, 1.807) is 12.0 Å². The average Bonchev–Trinajstić information content (AvgIpc) is 2.97. The summed E-state index contributed by atoms with van der Waals surface area (Å²) in [5, 5.41) is 2.68. The molecule has 0 aromatic heterocycles. The zero-order chi connectivity index (χ0) is 14.3. The molecule has 0 saturated carbocycles. The predicted octanol–water partition coefficient (Wildman–Crippen LogP) is 1.08. The van der Waals surface area contributed by atoms with E-state index < -0.39 is 6.04 Å². The van der Waals surface area contributed by atoms with Crippen molar-refractivity contribution < 1.29 is 19.1 Å². The Hall–Kier alpha value is -2.24. The molecule has 0 radical (unpaired) electrons. The molecule has 106 valence electrons. The minimum atomic E-state index is -0.556. The van der Waals surface area contributed by atoms with Gasteiger partial charge in [0.25, 0.3) is 0 Å². The molecular weight excluding hydrogens is 260 g/mol. The summed E-state index contributed by atoms with van der Waals surface area (Å²) in [6, 6.07) is 6.30. The van der Waals surface area contributed by atoms with Crippen LogP contribution in [0, 0.1) is 0 Å². The zero-order valence-corrected chi connectivity index (χ0v) is 11.3. The topological polar surface area (TPSA) is 67.9 Å². The number of hydrogen-bond acceptors (Lipinski definition) is 4. The lowest BCUT2D eigenvalue weighted by molar-refractivity contribution is -0.139. The van der Waals surface area contributed by atoms with Crippen LogP contribution in [0.15, 0.2) is 24.3 Å². The van der Waals surface area contributed by atoms with Crippen molar-refractivity contribution in [1.82, 2.24) is 10.2 Å². The average molecular weight is 276 g/mol. The number of nitrogens with zero attached hydrogens (tertiary/aromatic N) is 1. The van der Waals surface area contributed by atoms with Gasteiger partial charge in [-0.05, 0) is 13.0 Å². The van der Waals surface area contributed by atoms with Gasteiger partial charge >= 0.3 is 12.0 Å². The first-order valence-corrected chi connectivity index (χ1v) is 6.52. The number of esters is 1. The molecule has 2 aliphatic rings. The van der Waals surface area contributed by atoms with E-state index in [0.29, 0.717) is 0 Å². The number of ether oxygens (including phenoxy) is 2. The summed E-state index contributed by atoms with van der Waals surface area (Å²) in [7, 11) is 1.60. The summed E-state index contributed by atoms with van der Waals surface area (Å²) in [6.07, 6.45) is 0. The second-order valence-corrected chi connectivity index (χ2v) is 4.95. The normalized spacial score (nSPS) is 26.0. The Morgan fingerprint density at radius 3 is 2.90 bits per heavy atom. The Kier molecular flexibility index (Phi) is 3.00. The van der Waals surface area contributed by atoms with Gasteiger partial charge in [0.1, 0.15) is 12.4 Å². The Bertz CT molecular complexity index is 560. The zero-order valence-electron chi connectivity index (χ0n) is 11.3. The lowest BCUT2D eigenvalue weighted by atomic mass is 10.0. The van der Waals surface area contributed by atoms with Gasteiger partial charge in [-0.15, -0.1) is 0 Å². The SMILES string of the molecule is COc1ccccc1[C@@H](C)N1C(=O)NC2C(=O)OC[C@@H]21. The molecule has 2 amide bonds. The van der Waals surface area contributed by atoms with Gasteiger partial charge in [0, 0.05) is 5.56 Å². The molecule has 6 nitrogen and oxygen atoms in total. The Balaban J connectivity index is 1.92. The van der Waals surface area contributed by atoms with Crippen molar-refractivity contribution in [3.05, 3.63) is 29.8 Å². The van der Waals surface area contributed by atoms with E-state index >= 15 is 0 Å². The molecule has 2 aliphatic heterocycles. The van der Waals surface area contributed by atoms with Crippen LogP contribution in [0.4, 0.5) is 4.79 Å². The van der Waals surface area contributed by atoms with Crippen LogP contribution in [-0.4, -0.2) is 42.7 Å². The molecule has 3 atom stereocenters. The van der Waals surface area contributed by atoms with Crippen molar-refractivity contribution in [3.63, 3.8) is 0 Å². The number of methoxy groups -OCH3 is 1. The van der Waals surface area contributed by atoms with Crippen LogP contribution in [0.5, 0.6) is 5.75 Å². The third-order valence-electron chi connectivity index (χ3n) is 3.91. The van der Waals surface area contributed by atoms with Gasteiger partial charge in [-0.1, -0.05) is 18.2 Å². The van der Waals surface area contributed by atoms with Crippen molar-refractivity contribution >= 4 is 12.0 Å². The third-order valence-corrected chi connectivity index (χ3v) is 3.91. The lowest BCUT2D eigenvalue weighted by Crippen LogP contribution is -2.38. The third kappa shape index (κ3) is 1.79. The summed E-state index contributed by atoms with van der Waals surface area (Å²) in [4.78, 5) is 25.3. The smallest absolute Gasteiger partial charge is 0.331 e. The van der Waals surface area contributed by atoms with E-state index in [2.05, 4.69) is 5.32 Å².